The van der Waals surface area contributed by atoms with Crippen LogP contribution in [0.4, 0.5) is 0 Å². The maximum absolute atomic E-state index is 12.3. The van der Waals surface area contributed by atoms with E-state index >= 15 is 0 Å². The molecule has 3 rings (SSSR count). The van der Waals surface area contributed by atoms with Gasteiger partial charge in [-0.15, -0.1) is 0 Å². The first-order valence-electron chi connectivity index (χ1n) is 6.90. The second-order valence-corrected chi connectivity index (χ2v) is 4.79. The van der Waals surface area contributed by atoms with Crippen molar-refractivity contribution in [3.8, 4) is 17.2 Å². The van der Waals surface area contributed by atoms with Crippen LogP contribution in [-0.4, -0.2) is 10.9 Å². The van der Waals surface area contributed by atoms with Crippen molar-refractivity contribution in [3.63, 3.8) is 0 Å². The quantitative estimate of drug-likeness (QED) is 0.724. The van der Waals surface area contributed by atoms with Crippen molar-refractivity contribution in [2.45, 2.75) is 0 Å². The molecule has 0 spiro atoms. The summed E-state index contributed by atoms with van der Waals surface area (Å²) >= 11 is 0. The molecule has 0 aliphatic heterocycles. The minimum atomic E-state index is -0.218. The summed E-state index contributed by atoms with van der Waals surface area (Å²) in [5, 5.41) is 9.75. The SMILES string of the molecule is O=C(c1ccc(Oc2ccccc2)cc1)c1ccccc1O. The van der Waals surface area contributed by atoms with Gasteiger partial charge in [-0.25, -0.2) is 0 Å². The number of aromatic hydroxyl groups is 1. The fourth-order valence-corrected chi connectivity index (χ4v) is 2.12. The molecule has 0 aromatic heterocycles. The van der Waals surface area contributed by atoms with Gasteiger partial charge < -0.3 is 9.84 Å². The van der Waals surface area contributed by atoms with Gasteiger partial charge in [0.1, 0.15) is 17.2 Å². The molecule has 108 valence electrons. The molecule has 0 fully saturated rings. The van der Waals surface area contributed by atoms with Gasteiger partial charge in [-0.05, 0) is 48.5 Å². The number of phenolic OH excluding ortho intramolecular Hbond substituents is 1. The third-order valence-electron chi connectivity index (χ3n) is 3.24. The third kappa shape index (κ3) is 2.99. The van der Waals surface area contributed by atoms with Crippen molar-refractivity contribution >= 4 is 5.78 Å². The molecular formula is C19H14O3. The number of rotatable bonds is 4. The van der Waals surface area contributed by atoms with Gasteiger partial charge in [-0.1, -0.05) is 30.3 Å². The topological polar surface area (TPSA) is 46.5 Å². The van der Waals surface area contributed by atoms with E-state index in [1.165, 1.54) is 6.07 Å². The van der Waals surface area contributed by atoms with E-state index in [2.05, 4.69) is 0 Å². The third-order valence-corrected chi connectivity index (χ3v) is 3.24. The lowest BCUT2D eigenvalue weighted by Gasteiger charge is -2.07. The summed E-state index contributed by atoms with van der Waals surface area (Å²) in [6, 6.07) is 22.8. The molecule has 0 saturated carbocycles. The first kappa shape index (κ1) is 13.9. The Kier molecular flexibility index (Phi) is 3.88. The Morgan fingerprint density at radius 3 is 2.00 bits per heavy atom. The normalized spacial score (nSPS) is 10.2. The summed E-state index contributed by atoms with van der Waals surface area (Å²) in [5.74, 6) is 1.16. The minimum Gasteiger partial charge on any atom is -0.507 e. The summed E-state index contributed by atoms with van der Waals surface area (Å²) in [6.07, 6.45) is 0. The molecule has 0 aliphatic rings. The Morgan fingerprint density at radius 1 is 0.727 bits per heavy atom. The van der Waals surface area contributed by atoms with Gasteiger partial charge in [0.05, 0.1) is 5.56 Å². The average molecular weight is 290 g/mol. The van der Waals surface area contributed by atoms with Crippen LogP contribution < -0.4 is 4.74 Å². The molecule has 0 aliphatic carbocycles. The van der Waals surface area contributed by atoms with Crippen LogP contribution in [0.5, 0.6) is 17.2 Å². The summed E-state index contributed by atoms with van der Waals surface area (Å²) in [5.41, 5.74) is 0.793. The number of para-hydroxylation sites is 2. The summed E-state index contributed by atoms with van der Waals surface area (Å²) in [6.45, 7) is 0. The Hall–Kier alpha value is -3.07. The van der Waals surface area contributed by atoms with Crippen molar-refractivity contribution in [3.05, 3.63) is 90.0 Å². The number of carbonyl (C=O) groups excluding carboxylic acids is 1. The average Bonchev–Trinajstić information content (AvgIpc) is 2.56. The predicted molar refractivity (Wildman–Crippen MR) is 84.5 cm³/mol. The van der Waals surface area contributed by atoms with Gasteiger partial charge in [0.2, 0.25) is 0 Å². The Labute approximate surface area is 128 Å². The minimum absolute atomic E-state index is 0.0166. The van der Waals surface area contributed by atoms with Gasteiger partial charge in [-0.3, -0.25) is 4.79 Å². The van der Waals surface area contributed by atoms with E-state index in [0.717, 1.165) is 5.75 Å². The molecule has 3 aromatic rings. The molecule has 0 unspecified atom stereocenters. The molecular weight excluding hydrogens is 276 g/mol. The first-order chi connectivity index (χ1) is 10.7. The summed E-state index contributed by atoms with van der Waals surface area (Å²) in [7, 11) is 0. The summed E-state index contributed by atoms with van der Waals surface area (Å²) < 4.78 is 5.68. The lowest BCUT2D eigenvalue weighted by atomic mass is 10.0. The molecule has 0 radical (unpaired) electrons. The van der Waals surface area contributed by atoms with Gasteiger partial charge in [0.25, 0.3) is 0 Å². The van der Waals surface area contributed by atoms with E-state index < -0.39 is 0 Å². The maximum Gasteiger partial charge on any atom is 0.196 e. The smallest absolute Gasteiger partial charge is 0.196 e. The van der Waals surface area contributed by atoms with Gasteiger partial charge in [-0.2, -0.15) is 0 Å². The molecule has 1 N–H and O–H groups in total. The second-order valence-electron chi connectivity index (χ2n) is 4.79. The van der Waals surface area contributed by atoms with Crippen molar-refractivity contribution in [2.75, 3.05) is 0 Å². The Balaban J connectivity index is 1.80. The number of carbonyl (C=O) groups is 1. The largest absolute Gasteiger partial charge is 0.507 e. The van der Waals surface area contributed by atoms with E-state index in [9.17, 15) is 9.90 Å². The molecule has 0 bridgehead atoms. The fourth-order valence-electron chi connectivity index (χ4n) is 2.12. The second kappa shape index (κ2) is 6.14. The van der Waals surface area contributed by atoms with Crippen molar-refractivity contribution < 1.29 is 14.6 Å². The van der Waals surface area contributed by atoms with E-state index in [-0.39, 0.29) is 11.5 Å². The molecule has 3 nitrogen and oxygen atoms in total. The Morgan fingerprint density at radius 2 is 1.32 bits per heavy atom. The number of phenols is 1. The number of ketones is 1. The number of hydrogen-bond donors (Lipinski definition) is 1. The van der Waals surface area contributed by atoms with E-state index in [1.807, 2.05) is 30.3 Å². The summed E-state index contributed by atoms with van der Waals surface area (Å²) in [4.78, 5) is 12.3. The van der Waals surface area contributed by atoms with Crippen LogP contribution in [0, 0.1) is 0 Å². The molecule has 3 aromatic carbocycles. The Bertz CT molecular complexity index is 777. The van der Waals surface area contributed by atoms with Gasteiger partial charge in [0.15, 0.2) is 5.78 Å². The van der Waals surface area contributed by atoms with Crippen LogP contribution in [0.2, 0.25) is 0 Å². The number of hydrogen-bond acceptors (Lipinski definition) is 3. The van der Waals surface area contributed by atoms with Crippen LogP contribution in [0.3, 0.4) is 0 Å². The zero-order chi connectivity index (χ0) is 15.4. The van der Waals surface area contributed by atoms with E-state index in [1.54, 1.807) is 42.5 Å². The predicted octanol–water partition coefficient (Wildman–Crippen LogP) is 4.42. The molecule has 0 saturated heterocycles. The number of benzene rings is 3. The zero-order valence-electron chi connectivity index (χ0n) is 11.8. The van der Waals surface area contributed by atoms with Crippen molar-refractivity contribution in [2.24, 2.45) is 0 Å². The van der Waals surface area contributed by atoms with Crippen LogP contribution >= 0.6 is 0 Å². The molecule has 0 atom stereocenters. The molecule has 3 heteroatoms. The fraction of sp³-hybridized carbons (Fsp3) is 0. The molecule has 0 heterocycles. The molecule has 22 heavy (non-hydrogen) atoms. The highest BCUT2D eigenvalue weighted by Gasteiger charge is 2.12. The zero-order valence-corrected chi connectivity index (χ0v) is 11.8. The molecule has 0 amide bonds. The highest BCUT2D eigenvalue weighted by Crippen LogP contribution is 2.24. The van der Waals surface area contributed by atoms with E-state index in [0.29, 0.717) is 16.9 Å². The van der Waals surface area contributed by atoms with Crippen molar-refractivity contribution in [1.29, 1.82) is 0 Å². The lowest BCUT2D eigenvalue weighted by molar-refractivity contribution is 0.103. The van der Waals surface area contributed by atoms with Crippen LogP contribution in [0.1, 0.15) is 15.9 Å². The van der Waals surface area contributed by atoms with E-state index in [4.69, 9.17) is 4.74 Å². The highest BCUT2D eigenvalue weighted by molar-refractivity contribution is 6.10. The van der Waals surface area contributed by atoms with Crippen LogP contribution in [0.25, 0.3) is 0 Å². The van der Waals surface area contributed by atoms with Gasteiger partial charge in [0, 0.05) is 5.56 Å². The van der Waals surface area contributed by atoms with Gasteiger partial charge >= 0.3 is 0 Å². The number of ether oxygens (including phenoxy) is 1. The standard InChI is InChI=1S/C19H14O3/c20-18-9-5-4-8-17(18)19(21)14-10-12-16(13-11-14)22-15-6-2-1-3-7-15/h1-13,20H. The highest BCUT2D eigenvalue weighted by atomic mass is 16.5. The van der Waals surface area contributed by atoms with Crippen molar-refractivity contribution in [1.82, 2.24) is 0 Å². The van der Waals surface area contributed by atoms with Crippen LogP contribution in [-0.2, 0) is 0 Å². The maximum atomic E-state index is 12.3. The lowest BCUT2D eigenvalue weighted by Crippen LogP contribution is -2.01. The van der Waals surface area contributed by atoms with Crippen LogP contribution in [0.15, 0.2) is 78.9 Å². The first-order valence-corrected chi connectivity index (χ1v) is 6.90. The monoisotopic (exact) mass is 290 g/mol.